The molecule has 2 nitrogen and oxygen atoms in total. The standard InChI is InChI=1S/C12H25NO/c1-11(2)5-7-13-8-10-14-9-6-12(3)4/h12-13H,1,5-10H2,2-4H3. The van der Waals surface area contributed by atoms with Gasteiger partial charge in [0.15, 0.2) is 0 Å². The SMILES string of the molecule is C=C(C)CCNCCOCCC(C)C. The van der Waals surface area contributed by atoms with E-state index in [-0.39, 0.29) is 0 Å². The Morgan fingerprint density at radius 3 is 2.57 bits per heavy atom. The molecule has 0 aromatic carbocycles. The maximum atomic E-state index is 5.47. The van der Waals surface area contributed by atoms with Crippen LogP contribution in [0.2, 0.25) is 0 Å². The first-order valence-electron chi connectivity index (χ1n) is 5.55. The van der Waals surface area contributed by atoms with Gasteiger partial charge in [0.2, 0.25) is 0 Å². The molecule has 0 amide bonds. The van der Waals surface area contributed by atoms with Gasteiger partial charge in [-0.25, -0.2) is 0 Å². The van der Waals surface area contributed by atoms with E-state index in [4.69, 9.17) is 4.74 Å². The van der Waals surface area contributed by atoms with Crippen molar-refractivity contribution in [3.8, 4) is 0 Å². The third kappa shape index (κ3) is 11.7. The third-order valence-corrected chi connectivity index (χ3v) is 1.99. The summed E-state index contributed by atoms with van der Waals surface area (Å²) in [7, 11) is 0. The fourth-order valence-electron chi connectivity index (χ4n) is 0.992. The van der Waals surface area contributed by atoms with Crippen LogP contribution in [-0.2, 0) is 4.74 Å². The monoisotopic (exact) mass is 199 g/mol. The van der Waals surface area contributed by atoms with Crippen molar-refractivity contribution in [1.29, 1.82) is 0 Å². The smallest absolute Gasteiger partial charge is 0.0590 e. The van der Waals surface area contributed by atoms with Gasteiger partial charge in [0, 0.05) is 13.2 Å². The van der Waals surface area contributed by atoms with Crippen molar-refractivity contribution < 1.29 is 4.74 Å². The van der Waals surface area contributed by atoms with Crippen LogP contribution in [0.5, 0.6) is 0 Å². The second-order valence-corrected chi connectivity index (χ2v) is 4.25. The van der Waals surface area contributed by atoms with Gasteiger partial charge in [0.05, 0.1) is 6.61 Å². The molecule has 0 fully saturated rings. The van der Waals surface area contributed by atoms with Crippen molar-refractivity contribution in [2.75, 3.05) is 26.3 Å². The second kappa shape index (κ2) is 9.22. The van der Waals surface area contributed by atoms with Gasteiger partial charge in [-0.15, -0.1) is 6.58 Å². The zero-order chi connectivity index (χ0) is 10.8. The molecular formula is C12H25NO. The molecule has 0 atom stereocenters. The van der Waals surface area contributed by atoms with Gasteiger partial charge in [0.1, 0.15) is 0 Å². The van der Waals surface area contributed by atoms with Crippen LogP contribution in [0.1, 0.15) is 33.6 Å². The normalized spacial score (nSPS) is 10.9. The van der Waals surface area contributed by atoms with Gasteiger partial charge >= 0.3 is 0 Å². The quantitative estimate of drug-likeness (QED) is 0.455. The fourth-order valence-corrected chi connectivity index (χ4v) is 0.992. The van der Waals surface area contributed by atoms with Crippen LogP contribution < -0.4 is 5.32 Å². The number of hydrogen-bond acceptors (Lipinski definition) is 2. The van der Waals surface area contributed by atoms with E-state index in [2.05, 4.69) is 32.7 Å². The average Bonchev–Trinajstić information content (AvgIpc) is 2.08. The summed E-state index contributed by atoms with van der Waals surface area (Å²) in [5, 5.41) is 3.32. The summed E-state index contributed by atoms with van der Waals surface area (Å²) in [4.78, 5) is 0. The van der Waals surface area contributed by atoms with Gasteiger partial charge in [-0.2, -0.15) is 0 Å². The van der Waals surface area contributed by atoms with E-state index in [1.807, 2.05) is 0 Å². The molecule has 0 rings (SSSR count). The molecule has 0 aliphatic carbocycles. The lowest BCUT2D eigenvalue weighted by molar-refractivity contribution is 0.125. The van der Waals surface area contributed by atoms with E-state index < -0.39 is 0 Å². The Balaban J connectivity index is 2.96. The summed E-state index contributed by atoms with van der Waals surface area (Å²) in [6.07, 6.45) is 2.22. The van der Waals surface area contributed by atoms with Crippen molar-refractivity contribution in [1.82, 2.24) is 5.32 Å². The highest BCUT2D eigenvalue weighted by Gasteiger charge is 1.93. The largest absolute Gasteiger partial charge is 0.380 e. The lowest BCUT2D eigenvalue weighted by Crippen LogP contribution is -2.21. The van der Waals surface area contributed by atoms with Crippen molar-refractivity contribution in [3.05, 3.63) is 12.2 Å². The molecule has 2 heteroatoms. The van der Waals surface area contributed by atoms with Gasteiger partial charge < -0.3 is 10.1 Å². The van der Waals surface area contributed by atoms with Gasteiger partial charge in [0.25, 0.3) is 0 Å². The van der Waals surface area contributed by atoms with Crippen LogP contribution in [-0.4, -0.2) is 26.3 Å². The van der Waals surface area contributed by atoms with E-state index in [1.165, 1.54) is 5.57 Å². The summed E-state index contributed by atoms with van der Waals surface area (Å²) in [5.41, 5.74) is 1.23. The summed E-state index contributed by atoms with van der Waals surface area (Å²) in [6.45, 7) is 14.0. The predicted molar refractivity (Wildman–Crippen MR) is 62.6 cm³/mol. The molecule has 0 aliphatic rings. The summed E-state index contributed by atoms with van der Waals surface area (Å²) < 4.78 is 5.47. The summed E-state index contributed by atoms with van der Waals surface area (Å²) in [6, 6.07) is 0. The van der Waals surface area contributed by atoms with Gasteiger partial charge in [-0.05, 0) is 32.2 Å². The Morgan fingerprint density at radius 1 is 1.29 bits per heavy atom. The lowest BCUT2D eigenvalue weighted by atomic mass is 10.1. The molecule has 0 aliphatic heterocycles. The van der Waals surface area contributed by atoms with Crippen LogP contribution in [0.15, 0.2) is 12.2 Å². The van der Waals surface area contributed by atoms with E-state index >= 15 is 0 Å². The minimum atomic E-state index is 0.742. The topological polar surface area (TPSA) is 21.3 Å². The minimum absolute atomic E-state index is 0.742. The molecular weight excluding hydrogens is 174 g/mol. The highest BCUT2D eigenvalue weighted by Crippen LogP contribution is 1.98. The molecule has 0 saturated heterocycles. The number of nitrogens with one attached hydrogen (secondary N) is 1. The molecule has 0 heterocycles. The fraction of sp³-hybridized carbons (Fsp3) is 0.833. The molecule has 0 spiro atoms. The Labute approximate surface area is 88.7 Å². The van der Waals surface area contributed by atoms with E-state index in [0.29, 0.717) is 0 Å². The molecule has 0 radical (unpaired) electrons. The summed E-state index contributed by atoms with van der Waals surface area (Å²) in [5.74, 6) is 0.742. The third-order valence-electron chi connectivity index (χ3n) is 1.99. The molecule has 0 aromatic heterocycles. The van der Waals surface area contributed by atoms with Crippen molar-refractivity contribution >= 4 is 0 Å². The van der Waals surface area contributed by atoms with E-state index in [0.717, 1.165) is 45.1 Å². The highest BCUT2D eigenvalue weighted by molar-refractivity contribution is 4.87. The second-order valence-electron chi connectivity index (χ2n) is 4.25. The maximum absolute atomic E-state index is 5.47. The van der Waals surface area contributed by atoms with Gasteiger partial charge in [-0.1, -0.05) is 19.4 Å². The minimum Gasteiger partial charge on any atom is -0.380 e. The van der Waals surface area contributed by atoms with Crippen LogP contribution in [0.4, 0.5) is 0 Å². The molecule has 0 bridgehead atoms. The van der Waals surface area contributed by atoms with Crippen LogP contribution >= 0.6 is 0 Å². The predicted octanol–water partition coefficient (Wildman–Crippen LogP) is 2.60. The molecule has 14 heavy (non-hydrogen) atoms. The molecule has 0 saturated carbocycles. The van der Waals surface area contributed by atoms with E-state index in [1.54, 1.807) is 0 Å². The average molecular weight is 199 g/mol. The number of hydrogen-bond donors (Lipinski definition) is 1. The Kier molecular flexibility index (Phi) is 9.00. The van der Waals surface area contributed by atoms with Crippen molar-refractivity contribution in [3.63, 3.8) is 0 Å². The Hall–Kier alpha value is -0.340. The molecule has 0 aromatic rings. The maximum Gasteiger partial charge on any atom is 0.0590 e. The van der Waals surface area contributed by atoms with Crippen LogP contribution in [0.25, 0.3) is 0 Å². The lowest BCUT2D eigenvalue weighted by Gasteiger charge is -2.07. The zero-order valence-corrected chi connectivity index (χ0v) is 9.94. The van der Waals surface area contributed by atoms with Crippen LogP contribution in [0, 0.1) is 5.92 Å². The van der Waals surface area contributed by atoms with E-state index in [9.17, 15) is 0 Å². The molecule has 0 unspecified atom stereocenters. The summed E-state index contributed by atoms with van der Waals surface area (Å²) >= 11 is 0. The van der Waals surface area contributed by atoms with Gasteiger partial charge in [-0.3, -0.25) is 0 Å². The van der Waals surface area contributed by atoms with Crippen molar-refractivity contribution in [2.24, 2.45) is 5.92 Å². The Morgan fingerprint density at radius 2 is 2.00 bits per heavy atom. The first-order valence-corrected chi connectivity index (χ1v) is 5.55. The molecule has 1 N–H and O–H groups in total. The Bertz CT molecular complexity index is 143. The first-order chi connectivity index (χ1) is 6.63. The zero-order valence-electron chi connectivity index (χ0n) is 9.94. The number of ether oxygens (including phenoxy) is 1. The van der Waals surface area contributed by atoms with Crippen LogP contribution in [0.3, 0.4) is 0 Å². The highest BCUT2D eigenvalue weighted by atomic mass is 16.5. The first kappa shape index (κ1) is 13.7. The molecule has 84 valence electrons. The van der Waals surface area contributed by atoms with Crippen molar-refractivity contribution in [2.45, 2.75) is 33.6 Å². The number of rotatable bonds is 9.